The second kappa shape index (κ2) is 3.63. The zero-order valence-corrected chi connectivity index (χ0v) is 7.88. The Balaban J connectivity index is 2.27. The summed E-state index contributed by atoms with van der Waals surface area (Å²) in [6.07, 6.45) is 1.83. The molecular formula is C9H12N4O. The number of aliphatic hydroxyl groups excluding tert-OH is 1. The van der Waals surface area contributed by atoms with Crippen molar-refractivity contribution in [1.82, 2.24) is 14.6 Å². The zero-order chi connectivity index (χ0) is 9.97. The van der Waals surface area contributed by atoms with E-state index in [1.54, 1.807) is 4.52 Å². The van der Waals surface area contributed by atoms with Gasteiger partial charge in [0.2, 0.25) is 5.95 Å². The molecule has 2 aromatic heterocycles. The lowest BCUT2D eigenvalue weighted by atomic mass is 10.4. The van der Waals surface area contributed by atoms with Crippen LogP contribution in [-0.4, -0.2) is 32.4 Å². The van der Waals surface area contributed by atoms with Crippen LogP contribution in [0.25, 0.3) is 5.65 Å². The van der Waals surface area contributed by atoms with Gasteiger partial charge < -0.3 is 10.4 Å². The number of aliphatic hydroxyl groups is 1. The Labute approximate surface area is 81.4 Å². The van der Waals surface area contributed by atoms with Crippen molar-refractivity contribution in [2.45, 2.75) is 13.0 Å². The topological polar surface area (TPSA) is 62.5 Å². The summed E-state index contributed by atoms with van der Waals surface area (Å²) in [6, 6.07) is 5.64. The SMILES string of the molecule is C[C@@H](CO)Nc1nc2ccccn2n1. The van der Waals surface area contributed by atoms with Gasteiger partial charge in [-0.25, -0.2) is 4.52 Å². The number of aromatic nitrogens is 3. The minimum Gasteiger partial charge on any atom is -0.394 e. The summed E-state index contributed by atoms with van der Waals surface area (Å²) in [5.74, 6) is 0.540. The van der Waals surface area contributed by atoms with Crippen LogP contribution in [0.4, 0.5) is 5.95 Å². The molecule has 74 valence electrons. The molecule has 5 heteroatoms. The second-order valence-electron chi connectivity index (χ2n) is 3.17. The summed E-state index contributed by atoms with van der Waals surface area (Å²) >= 11 is 0. The third-order valence-electron chi connectivity index (χ3n) is 1.89. The van der Waals surface area contributed by atoms with E-state index in [2.05, 4.69) is 15.4 Å². The van der Waals surface area contributed by atoms with Crippen LogP contribution >= 0.6 is 0 Å². The number of nitrogens with zero attached hydrogens (tertiary/aromatic N) is 3. The van der Waals surface area contributed by atoms with E-state index < -0.39 is 0 Å². The predicted molar refractivity (Wildman–Crippen MR) is 53.2 cm³/mol. The minimum absolute atomic E-state index is 0.0348. The molecule has 2 N–H and O–H groups in total. The van der Waals surface area contributed by atoms with Gasteiger partial charge in [-0.15, -0.1) is 5.10 Å². The number of nitrogens with one attached hydrogen (secondary N) is 1. The molecule has 0 aliphatic heterocycles. The maximum atomic E-state index is 8.85. The first-order valence-electron chi connectivity index (χ1n) is 4.48. The average Bonchev–Trinajstić information content (AvgIpc) is 2.59. The molecule has 0 saturated carbocycles. The molecule has 0 amide bonds. The molecule has 0 saturated heterocycles. The summed E-state index contributed by atoms with van der Waals surface area (Å²) in [7, 11) is 0. The Bertz CT molecular complexity index is 392. The van der Waals surface area contributed by atoms with Crippen molar-refractivity contribution in [2.75, 3.05) is 11.9 Å². The number of pyridine rings is 1. The molecule has 0 bridgehead atoms. The molecule has 2 aromatic rings. The molecule has 0 aromatic carbocycles. The van der Waals surface area contributed by atoms with Crippen LogP contribution in [0.1, 0.15) is 6.92 Å². The number of anilines is 1. The van der Waals surface area contributed by atoms with Crippen LogP contribution in [0.5, 0.6) is 0 Å². The third-order valence-corrected chi connectivity index (χ3v) is 1.89. The molecular weight excluding hydrogens is 180 g/mol. The van der Waals surface area contributed by atoms with Crippen molar-refractivity contribution in [3.05, 3.63) is 24.4 Å². The lowest BCUT2D eigenvalue weighted by molar-refractivity contribution is 0.281. The Morgan fingerprint density at radius 2 is 2.43 bits per heavy atom. The van der Waals surface area contributed by atoms with E-state index in [0.29, 0.717) is 5.95 Å². The highest BCUT2D eigenvalue weighted by atomic mass is 16.3. The van der Waals surface area contributed by atoms with Gasteiger partial charge in [0.1, 0.15) is 0 Å². The largest absolute Gasteiger partial charge is 0.394 e. The number of hydrogen-bond acceptors (Lipinski definition) is 4. The van der Waals surface area contributed by atoms with Crippen LogP contribution in [0, 0.1) is 0 Å². The molecule has 0 aliphatic carbocycles. The fourth-order valence-corrected chi connectivity index (χ4v) is 1.16. The van der Waals surface area contributed by atoms with Gasteiger partial charge in [-0.3, -0.25) is 0 Å². The molecule has 2 heterocycles. The van der Waals surface area contributed by atoms with Gasteiger partial charge in [0.15, 0.2) is 5.65 Å². The summed E-state index contributed by atoms with van der Waals surface area (Å²) in [5.41, 5.74) is 0.792. The Hall–Kier alpha value is -1.62. The molecule has 0 unspecified atom stereocenters. The van der Waals surface area contributed by atoms with Crippen LogP contribution in [0.3, 0.4) is 0 Å². The number of rotatable bonds is 3. The zero-order valence-electron chi connectivity index (χ0n) is 7.88. The van der Waals surface area contributed by atoms with Gasteiger partial charge in [-0.2, -0.15) is 4.98 Å². The van der Waals surface area contributed by atoms with E-state index in [-0.39, 0.29) is 12.6 Å². The van der Waals surface area contributed by atoms with Crippen LogP contribution in [-0.2, 0) is 0 Å². The molecule has 14 heavy (non-hydrogen) atoms. The van der Waals surface area contributed by atoms with Gasteiger partial charge in [0, 0.05) is 12.2 Å². The summed E-state index contributed by atoms with van der Waals surface area (Å²) in [5, 5.41) is 16.0. The van der Waals surface area contributed by atoms with Crippen molar-refractivity contribution in [3.8, 4) is 0 Å². The van der Waals surface area contributed by atoms with Gasteiger partial charge in [-0.1, -0.05) is 6.07 Å². The van der Waals surface area contributed by atoms with Gasteiger partial charge in [-0.05, 0) is 19.1 Å². The second-order valence-corrected chi connectivity index (χ2v) is 3.17. The highest BCUT2D eigenvalue weighted by Crippen LogP contribution is 2.05. The Morgan fingerprint density at radius 1 is 1.57 bits per heavy atom. The smallest absolute Gasteiger partial charge is 0.243 e. The molecule has 5 nitrogen and oxygen atoms in total. The Kier molecular flexibility index (Phi) is 2.32. The maximum absolute atomic E-state index is 8.85. The van der Waals surface area contributed by atoms with Gasteiger partial charge in [0.05, 0.1) is 6.61 Å². The summed E-state index contributed by atoms with van der Waals surface area (Å²) in [6.45, 7) is 1.93. The minimum atomic E-state index is -0.0348. The Morgan fingerprint density at radius 3 is 3.14 bits per heavy atom. The molecule has 0 fully saturated rings. The molecule has 0 spiro atoms. The standard InChI is InChI=1S/C9H12N4O/c1-7(6-14)10-9-11-8-4-2-3-5-13(8)12-9/h2-5,7,14H,6H2,1H3,(H,10,12)/t7-/m0/s1. The quantitative estimate of drug-likeness (QED) is 0.744. The van der Waals surface area contributed by atoms with Crippen LogP contribution < -0.4 is 5.32 Å². The summed E-state index contributed by atoms with van der Waals surface area (Å²) in [4.78, 5) is 4.23. The monoisotopic (exact) mass is 192 g/mol. The first-order chi connectivity index (χ1) is 6.79. The molecule has 1 atom stereocenters. The third kappa shape index (κ3) is 1.67. The van der Waals surface area contributed by atoms with E-state index >= 15 is 0 Å². The van der Waals surface area contributed by atoms with Crippen LogP contribution in [0.15, 0.2) is 24.4 Å². The van der Waals surface area contributed by atoms with E-state index in [1.807, 2.05) is 31.3 Å². The maximum Gasteiger partial charge on any atom is 0.243 e. The fourth-order valence-electron chi connectivity index (χ4n) is 1.16. The average molecular weight is 192 g/mol. The lowest BCUT2D eigenvalue weighted by Gasteiger charge is -2.06. The normalized spacial score (nSPS) is 13.0. The molecule has 0 radical (unpaired) electrons. The van der Waals surface area contributed by atoms with Crippen molar-refractivity contribution in [2.24, 2.45) is 0 Å². The van der Waals surface area contributed by atoms with Crippen molar-refractivity contribution >= 4 is 11.6 Å². The van der Waals surface area contributed by atoms with E-state index in [4.69, 9.17) is 5.11 Å². The first kappa shape index (κ1) is 8.96. The van der Waals surface area contributed by atoms with Crippen molar-refractivity contribution in [3.63, 3.8) is 0 Å². The van der Waals surface area contributed by atoms with E-state index in [0.717, 1.165) is 5.65 Å². The van der Waals surface area contributed by atoms with E-state index in [1.165, 1.54) is 0 Å². The number of fused-ring (bicyclic) bond motifs is 1. The van der Waals surface area contributed by atoms with Gasteiger partial charge in [0.25, 0.3) is 0 Å². The lowest BCUT2D eigenvalue weighted by Crippen LogP contribution is -2.20. The fraction of sp³-hybridized carbons (Fsp3) is 0.333. The van der Waals surface area contributed by atoms with Gasteiger partial charge >= 0.3 is 0 Å². The highest BCUT2D eigenvalue weighted by Gasteiger charge is 2.05. The highest BCUT2D eigenvalue weighted by molar-refractivity contribution is 5.43. The van der Waals surface area contributed by atoms with Crippen LogP contribution in [0.2, 0.25) is 0 Å². The molecule has 2 rings (SSSR count). The molecule has 0 aliphatic rings. The number of hydrogen-bond donors (Lipinski definition) is 2. The summed E-state index contributed by atoms with van der Waals surface area (Å²) < 4.78 is 1.69. The first-order valence-corrected chi connectivity index (χ1v) is 4.48. The van der Waals surface area contributed by atoms with Crippen molar-refractivity contribution < 1.29 is 5.11 Å². The van der Waals surface area contributed by atoms with E-state index in [9.17, 15) is 0 Å². The van der Waals surface area contributed by atoms with Crippen molar-refractivity contribution in [1.29, 1.82) is 0 Å². The predicted octanol–water partition coefficient (Wildman–Crippen LogP) is 0.522.